The second-order valence-electron chi connectivity index (χ2n) is 6.14. The van der Waals surface area contributed by atoms with E-state index in [1.54, 1.807) is 6.92 Å². The van der Waals surface area contributed by atoms with Crippen molar-refractivity contribution in [2.75, 3.05) is 12.4 Å². The lowest BCUT2D eigenvalue weighted by Gasteiger charge is -2.34. The van der Waals surface area contributed by atoms with Crippen LogP contribution in [-0.4, -0.2) is 34.1 Å². The first-order valence-electron chi connectivity index (χ1n) is 7.66. The maximum atomic E-state index is 14.5. The Morgan fingerprint density at radius 1 is 1.44 bits per heavy atom. The number of carbonyl (C=O) groups excluding carboxylic acids is 2. The molecule has 0 aliphatic carbocycles. The van der Waals surface area contributed by atoms with Crippen LogP contribution >= 0.6 is 34.7 Å². The summed E-state index contributed by atoms with van der Waals surface area (Å²) >= 11 is 12.6. The number of nitrogens with one attached hydrogen (secondary N) is 1. The number of amides is 2. The van der Waals surface area contributed by atoms with Gasteiger partial charge in [0.05, 0.1) is 12.0 Å². The summed E-state index contributed by atoms with van der Waals surface area (Å²) in [6.45, 7) is 1.60. The molecular weight excluding hydrogens is 416 g/mol. The highest BCUT2D eigenvalue weighted by Crippen LogP contribution is 2.36. The lowest BCUT2D eigenvalue weighted by atomic mass is 9.87. The largest absolute Gasteiger partial charge is 0.369 e. The highest BCUT2D eigenvalue weighted by Gasteiger charge is 2.38. The summed E-state index contributed by atoms with van der Waals surface area (Å²) in [5.41, 5.74) is 4.97. The van der Waals surface area contributed by atoms with Crippen molar-refractivity contribution in [3.05, 3.63) is 44.6 Å². The Bertz CT molecular complexity index is 980. The standard InChI is InChI=1S/C16H14Cl2FN5O2S/c1-16(6-10(25)24(2)15(20)22-16)8-5-7(3-4-9(8)19)21-14(26)12-11(17)13(18)27-23-12/h3-5H,6H2,1-2H3,(H2,20,22)(H,21,26). The van der Waals surface area contributed by atoms with Crippen LogP contribution in [0.1, 0.15) is 29.4 Å². The van der Waals surface area contributed by atoms with E-state index in [4.69, 9.17) is 28.9 Å². The number of aromatic nitrogens is 1. The third-order valence-corrected chi connectivity index (χ3v) is 5.80. The fraction of sp³-hybridized carbons (Fsp3) is 0.250. The SMILES string of the molecule is CN1C(=O)CC(C)(c2cc(NC(=O)c3nsc(Cl)c3Cl)ccc2F)N=C1N. The smallest absolute Gasteiger partial charge is 0.276 e. The van der Waals surface area contributed by atoms with Crippen LogP contribution in [0, 0.1) is 5.82 Å². The van der Waals surface area contributed by atoms with Crippen molar-refractivity contribution < 1.29 is 14.0 Å². The van der Waals surface area contributed by atoms with Gasteiger partial charge in [0.25, 0.3) is 5.91 Å². The molecule has 1 atom stereocenters. The first-order valence-corrected chi connectivity index (χ1v) is 9.19. The summed E-state index contributed by atoms with van der Waals surface area (Å²) in [6.07, 6.45) is -0.0635. The van der Waals surface area contributed by atoms with E-state index in [9.17, 15) is 14.0 Å². The lowest BCUT2D eigenvalue weighted by Crippen LogP contribution is -2.47. The van der Waals surface area contributed by atoms with Gasteiger partial charge in [-0.3, -0.25) is 14.5 Å². The van der Waals surface area contributed by atoms with E-state index in [0.29, 0.717) is 0 Å². The number of halogens is 3. The minimum Gasteiger partial charge on any atom is -0.369 e. The Morgan fingerprint density at radius 2 is 2.15 bits per heavy atom. The zero-order valence-electron chi connectivity index (χ0n) is 14.2. The molecular formula is C16H14Cl2FN5O2S. The molecule has 0 radical (unpaired) electrons. The number of hydrogen-bond acceptors (Lipinski definition) is 6. The Morgan fingerprint density at radius 3 is 2.74 bits per heavy atom. The van der Waals surface area contributed by atoms with Gasteiger partial charge in [0.15, 0.2) is 11.7 Å². The molecule has 0 fully saturated rings. The number of guanidine groups is 1. The molecule has 1 aromatic carbocycles. The molecule has 27 heavy (non-hydrogen) atoms. The average molecular weight is 430 g/mol. The normalized spacial score (nSPS) is 19.8. The highest BCUT2D eigenvalue weighted by molar-refractivity contribution is 7.11. The topological polar surface area (TPSA) is 101 Å². The Balaban J connectivity index is 1.94. The second kappa shape index (κ2) is 7.06. The quantitative estimate of drug-likeness (QED) is 0.781. The molecule has 3 rings (SSSR count). The number of anilines is 1. The molecule has 2 heterocycles. The Kier molecular flexibility index (Phi) is 5.11. The molecule has 142 valence electrons. The minimum atomic E-state index is -1.19. The van der Waals surface area contributed by atoms with Crippen LogP contribution in [0.4, 0.5) is 10.1 Å². The molecule has 2 aromatic rings. The van der Waals surface area contributed by atoms with Crippen LogP contribution < -0.4 is 11.1 Å². The van der Waals surface area contributed by atoms with E-state index in [0.717, 1.165) is 11.5 Å². The van der Waals surface area contributed by atoms with Gasteiger partial charge < -0.3 is 11.1 Å². The lowest BCUT2D eigenvalue weighted by molar-refractivity contribution is -0.128. The molecule has 0 saturated carbocycles. The van der Waals surface area contributed by atoms with Crippen molar-refractivity contribution in [1.29, 1.82) is 0 Å². The maximum Gasteiger partial charge on any atom is 0.276 e. The fourth-order valence-corrected chi connectivity index (χ4v) is 3.67. The molecule has 7 nitrogen and oxygen atoms in total. The van der Waals surface area contributed by atoms with Gasteiger partial charge in [-0.2, -0.15) is 4.37 Å². The molecule has 0 saturated heterocycles. The third-order valence-electron chi connectivity index (χ3n) is 4.19. The van der Waals surface area contributed by atoms with Gasteiger partial charge in [0.1, 0.15) is 15.2 Å². The predicted octanol–water partition coefficient (Wildman–Crippen LogP) is 3.23. The van der Waals surface area contributed by atoms with Gasteiger partial charge >= 0.3 is 0 Å². The third kappa shape index (κ3) is 3.62. The number of aliphatic imine (C=N–C) groups is 1. The van der Waals surface area contributed by atoms with Crippen LogP contribution in [0.25, 0.3) is 0 Å². The van der Waals surface area contributed by atoms with Gasteiger partial charge in [-0.15, -0.1) is 0 Å². The molecule has 3 N–H and O–H groups in total. The van der Waals surface area contributed by atoms with Gasteiger partial charge in [0, 0.05) is 18.3 Å². The summed E-state index contributed by atoms with van der Waals surface area (Å²) in [5.74, 6) is -1.46. The summed E-state index contributed by atoms with van der Waals surface area (Å²) in [5, 5.41) is 2.64. The van der Waals surface area contributed by atoms with E-state index >= 15 is 0 Å². The van der Waals surface area contributed by atoms with Crippen LogP contribution in [0.15, 0.2) is 23.2 Å². The summed E-state index contributed by atoms with van der Waals surface area (Å²) in [4.78, 5) is 29.9. The zero-order chi connectivity index (χ0) is 19.9. The number of nitrogens with zero attached hydrogens (tertiary/aromatic N) is 3. The summed E-state index contributed by atoms with van der Waals surface area (Å²) in [7, 11) is 1.50. The Labute approximate surface area is 168 Å². The number of benzene rings is 1. The molecule has 2 amide bonds. The first-order chi connectivity index (χ1) is 12.6. The summed E-state index contributed by atoms with van der Waals surface area (Å²) in [6, 6.07) is 3.97. The van der Waals surface area contributed by atoms with Gasteiger partial charge in [0.2, 0.25) is 5.91 Å². The number of carbonyl (C=O) groups is 2. The van der Waals surface area contributed by atoms with E-state index in [1.807, 2.05) is 0 Å². The van der Waals surface area contributed by atoms with Crippen molar-refractivity contribution in [1.82, 2.24) is 9.27 Å². The van der Waals surface area contributed by atoms with E-state index < -0.39 is 17.3 Å². The maximum absolute atomic E-state index is 14.5. The number of nitrogens with two attached hydrogens (primary N) is 1. The fourth-order valence-electron chi connectivity index (χ4n) is 2.67. The Hall–Kier alpha value is -2.23. The van der Waals surface area contributed by atoms with Crippen molar-refractivity contribution in [3.63, 3.8) is 0 Å². The van der Waals surface area contributed by atoms with E-state index in [-0.39, 0.29) is 44.6 Å². The minimum absolute atomic E-state index is 0.00788. The second-order valence-corrected chi connectivity index (χ2v) is 7.89. The first kappa shape index (κ1) is 19.5. The summed E-state index contributed by atoms with van der Waals surface area (Å²) < 4.78 is 18.6. The van der Waals surface area contributed by atoms with Gasteiger partial charge in [-0.25, -0.2) is 9.38 Å². The van der Waals surface area contributed by atoms with E-state index in [2.05, 4.69) is 14.7 Å². The number of rotatable bonds is 3. The molecule has 11 heteroatoms. The molecule has 1 aliphatic rings. The molecule has 0 bridgehead atoms. The van der Waals surface area contributed by atoms with E-state index in [1.165, 1.54) is 30.1 Å². The molecule has 1 unspecified atom stereocenters. The molecule has 1 aromatic heterocycles. The predicted molar refractivity (Wildman–Crippen MR) is 103 cm³/mol. The molecule has 0 spiro atoms. The van der Waals surface area contributed by atoms with Crippen LogP contribution in [0.5, 0.6) is 0 Å². The van der Waals surface area contributed by atoms with Gasteiger partial charge in [-0.05, 0) is 36.7 Å². The average Bonchev–Trinajstić information content (AvgIpc) is 2.93. The van der Waals surface area contributed by atoms with Crippen LogP contribution in [-0.2, 0) is 10.3 Å². The van der Waals surface area contributed by atoms with Gasteiger partial charge in [-0.1, -0.05) is 23.2 Å². The van der Waals surface area contributed by atoms with Crippen molar-refractivity contribution in [2.24, 2.45) is 10.7 Å². The van der Waals surface area contributed by atoms with Crippen molar-refractivity contribution in [2.45, 2.75) is 18.9 Å². The van der Waals surface area contributed by atoms with Crippen LogP contribution in [0.2, 0.25) is 9.36 Å². The number of hydrogen-bond donors (Lipinski definition) is 2. The van der Waals surface area contributed by atoms with Crippen molar-refractivity contribution >= 4 is 58.2 Å². The zero-order valence-corrected chi connectivity index (χ0v) is 16.5. The highest BCUT2D eigenvalue weighted by atomic mass is 35.5. The molecule has 1 aliphatic heterocycles. The van der Waals surface area contributed by atoms with Crippen molar-refractivity contribution in [3.8, 4) is 0 Å². The monoisotopic (exact) mass is 429 g/mol. The van der Waals surface area contributed by atoms with Crippen LogP contribution in [0.3, 0.4) is 0 Å².